The Morgan fingerprint density at radius 3 is 1.35 bits per heavy atom. The van der Waals surface area contributed by atoms with E-state index in [1.165, 1.54) is 38.5 Å². The van der Waals surface area contributed by atoms with Gasteiger partial charge in [0.2, 0.25) is 0 Å². The summed E-state index contributed by atoms with van der Waals surface area (Å²) in [6, 6.07) is 0. The van der Waals surface area contributed by atoms with Gasteiger partial charge in [0, 0.05) is 16.5 Å². The van der Waals surface area contributed by atoms with Crippen LogP contribution in [-0.4, -0.2) is 0 Å². The smallest absolute Gasteiger partial charge is 0 e. The zero-order valence-corrected chi connectivity index (χ0v) is 12.4. The summed E-state index contributed by atoms with van der Waals surface area (Å²) in [7, 11) is 0. The van der Waals surface area contributed by atoms with Crippen LogP contribution in [0.5, 0.6) is 0 Å². The SMILES string of the molecule is C=CC=CCCCC.C=CC=CCCCC.[Ni]. The Morgan fingerprint density at radius 1 is 0.765 bits per heavy atom. The zero-order valence-electron chi connectivity index (χ0n) is 11.4. The van der Waals surface area contributed by atoms with Crippen LogP contribution >= 0.6 is 0 Å². The van der Waals surface area contributed by atoms with Crippen LogP contribution in [0.1, 0.15) is 52.4 Å². The molecular weight excluding hydrogens is 251 g/mol. The fourth-order valence-corrected chi connectivity index (χ4v) is 1.03. The molecule has 0 bridgehead atoms. The molecule has 0 aliphatic carbocycles. The van der Waals surface area contributed by atoms with Crippen molar-refractivity contribution < 1.29 is 16.5 Å². The minimum absolute atomic E-state index is 0. The molecule has 0 aromatic heterocycles. The minimum Gasteiger partial charge on any atom is -0.0991 e. The summed E-state index contributed by atoms with van der Waals surface area (Å²) in [4.78, 5) is 0. The molecule has 0 saturated heterocycles. The van der Waals surface area contributed by atoms with E-state index in [2.05, 4.69) is 39.2 Å². The van der Waals surface area contributed by atoms with Gasteiger partial charge in [-0.1, -0.05) is 89.1 Å². The first-order valence-corrected chi connectivity index (χ1v) is 6.38. The van der Waals surface area contributed by atoms with Crippen LogP contribution in [0.2, 0.25) is 0 Å². The molecule has 0 radical (unpaired) electrons. The molecule has 0 N–H and O–H groups in total. The van der Waals surface area contributed by atoms with E-state index in [9.17, 15) is 0 Å². The molecule has 0 unspecified atom stereocenters. The molecule has 0 atom stereocenters. The van der Waals surface area contributed by atoms with E-state index >= 15 is 0 Å². The third-order valence-electron chi connectivity index (χ3n) is 1.99. The Balaban J connectivity index is -0.000000218. The number of unbranched alkanes of at least 4 members (excludes halogenated alkanes) is 4. The number of rotatable bonds is 8. The first-order chi connectivity index (χ1) is 7.83. The van der Waals surface area contributed by atoms with Crippen molar-refractivity contribution in [2.75, 3.05) is 0 Å². The monoisotopic (exact) mass is 278 g/mol. The molecule has 0 heterocycles. The van der Waals surface area contributed by atoms with Crippen molar-refractivity contribution in [1.82, 2.24) is 0 Å². The second-order valence-corrected chi connectivity index (χ2v) is 3.61. The van der Waals surface area contributed by atoms with Gasteiger partial charge in [-0.3, -0.25) is 0 Å². The summed E-state index contributed by atoms with van der Waals surface area (Å²) in [6.45, 7) is 11.5. The second-order valence-electron chi connectivity index (χ2n) is 3.61. The first kappa shape index (κ1) is 21.7. The van der Waals surface area contributed by atoms with E-state index in [0.717, 1.165) is 0 Å². The topological polar surface area (TPSA) is 0 Å². The van der Waals surface area contributed by atoms with Gasteiger partial charge in [-0.2, -0.15) is 0 Å². The average molecular weight is 279 g/mol. The summed E-state index contributed by atoms with van der Waals surface area (Å²) >= 11 is 0. The molecule has 0 aliphatic rings. The van der Waals surface area contributed by atoms with Gasteiger partial charge in [-0.05, 0) is 12.8 Å². The van der Waals surface area contributed by atoms with Crippen molar-refractivity contribution in [3.8, 4) is 0 Å². The summed E-state index contributed by atoms with van der Waals surface area (Å²) in [5.41, 5.74) is 0. The Labute approximate surface area is 119 Å². The maximum absolute atomic E-state index is 3.57. The maximum Gasteiger partial charge on any atom is 0 e. The van der Waals surface area contributed by atoms with E-state index in [1.807, 2.05) is 24.3 Å². The van der Waals surface area contributed by atoms with E-state index in [-0.39, 0.29) is 16.5 Å². The molecule has 0 nitrogen and oxygen atoms in total. The molecule has 102 valence electrons. The quantitative estimate of drug-likeness (QED) is 0.297. The molecule has 0 rings (SSSR count). The van der Waals surface area contributed by atoms with Crippen LogP contribution in [0.15, 0.2) is 49.6 Å². The molecular formula is C16H28Ni. The van der Waals surface area contributed by atoms with Crippen LogP contribution < -0.4 is 0 Å². The molecule has 0 aromatic carbocycles. The van der Waals surface area contributed by atoms with Gasteiger partial charge in [0.05, 0.1) is 0 Å². The third-order valence-corrected chi connectivity index (χ3v) is 1.99. The molecule has 0 aliphatic heterocycles. The van der Waals surface area contributed by atoms with Crippen molar-refractivity contribution in [3.63, 3.8) is 0 Å². The Bertz CT molecular complexity index is 168. The van der Waals surface area contributed by atoms with Crippen LogP contribution in [0, 0.1) is 0 Å². The van der Waals surface area contributed by atoms with E-state index in [0.29, 0.717) is 0 Å². The van der Waals surface area contributed by atoms with Gasteiger partial charge >= 0.3 is 0 Å². The Kier molecular flexibility index (Phi) is 31.4. The molecule has 0 aromatic rings. The predicted molar refractivity (Wildman–Crippen MR) is 77.7 cm³/mol. The first-order valence-electron chi connectivity index (χ1n) is 6.38. The average Bonchev–Trinajstić information content (AvgIpc) is 2.31. The summed E-state index contributed by atoms with van der Waals surface area (Å²) in [5.74, 6) is 0. The maximum atomic E-state index is 3.57. The van der Waals surface area contributed by atoms with Crippen LogP contribution in [0.3, 0.4) is 0 Å². The summed E-state index contributed by atoms with van der Waals surface area (Å²) in [6.07, 6.45) is 19.5. The fraction of sp³-hybridized carbons (Fsp3) is 0.500. The van der Waals surface area contributed by atoms with Crippen LogP contribution in [0.4, 0.5) is 0 Å². The third kappa shape index (κ3) is 31.3. The van der Waals surface area contributed by atoms with E-state index in [1.54, 1.807) is 0 Å². The van der Waals surface area contributed by atoms with Gasteiger partial charge in [0.15, 0.2) is 0 Å². The van der Waals surface area contributed by atoms with E-state index < -0.39 is 0 Å². The fourth-order valence-electron chi connectivity index (χ4n) is 1.03. The summed E-state index contributed by atoms with van der Waals surface area (Å²) in [5, 5.41) is 0. The van der Waals surface area contributed by atoms with Crippen LogP contribution in [0.25, 0.3) is 0 Å². The van der Waals surface area contributed by atoms with Gasteiger partial charge < -0.3 is 0 Å². The van der Waals surface area contributed by atoms with Gasteiger partial charge in [-0.25, -0.2) is 0 Å². The molecule has 0 spiro atoms. The molecule has 0 amide bonds. The van der Waals surface area contributed by atoms with Gasteiger partial charge in [0.25, 0.3) is 0 Å². The molecule has 17 heavy (non-hydrogen) atoms. The number of allylic oxidation sites excluding steroid dienone is 6. The van der Waals surface area contributed by atoms with Crippen molar-refractivity contribution in [2.45, 2.75) is 52.4 Å². The molecule has 0 saturated carbocycles. The van der Waals surface area contributed by atoms with Crippen LogP contribution in [-0.2, 0) is 16.5 Å². The Morgan fingerprint density at radius 2 is 1.12 bits per heavy atom. The number of hydrogen-bond donors (Lipinski definition) is 0. The van der Waals surface area contributed by atoms with E-state index in [4.69, 9.17) is 0 Å². The minimum atomic E-state index is 0. The number of hydrogen-bond acceptors (Lipinski definition) is 0. The molecule has 0 fully saturated rings. The second kappa shape index (κ2) is 24.6. The van der Waals surface area contributed by atoms with Crippen molar-refractivity contribution >= 4 is 0 Å². The predicted octanol–water partition coefficient (Wildman–Crippen LogP) is 5.84. The molecule has 1 heteroatoms. The van der Waals surface area contributed by atoms with Crippen molar-refractivity contribution in [2.24, 2.45) is 0 Å². The Hall–Kier alpha value is -0.546. The van der Waals surface area contributed by atoms with Crippen molar-refractivity contribution in [3.05, 3.63) is 49.6 Å². The standard InChI is InChI=1S/2C8H14.Ni/c2*1-3-5-7-8-6-4-2;/h2*3,5,7H,1,4,6,8H2,2H3;. The van der Waals surface area contributed by atoms with Gasteiger partial charge in [-0.15, -0.1) is 0 Å². The normalized spacial score (nSPS) is 9.53. The largest absolute Gasteiger partial charge is 0.0991 e. The van der Waals surface area contributed by atoms with Gasteiger partial charge in [0.1, 0.15) is 0 Å². The zero-order chi connectivity index (χ0) is 12.5. The van der Waals surface area contributed by atoms with Crippen molar-refractivity contribution in [1.29, 1.82) is 0 Å². The summed E-state index contributed by atoms with van der Waals surface area (Å²) < 4.78 is 0.